The van der Waals surface area contributed by atoms with E-state index in [1.165, 1.54) is 0 Å². The van der Waals surface area contributed by atoms with Gasteiger partial charge >= 0.3 is 12.0 Å². The molecule has 0 heterocycles. The number of urea groups is 1. The molecule has 2 aromatic carbocycles. The molecule has 10 heteroatoms. The van der Waals surface area contributed by atoms with E-state index in [4.69, 9.17) is 45.3 Å². The second kappa shape index (κ2) is 11.1. The van der Waals surface area contributed by atoms with E-state index in [2.05, 4.69) is 10.6 Å². The number of amides is 3. The molecule has 2 atom stereocenters. The highest BCUT2D eigenvalue weighted by Gasteiger charge is 2.20. The first-order valence-corrected chi connectivity index (χ1v) is 10.0. The van der Waals surface area contributed by atoms with Gasteiger partial charge in [0.2, 0.25) is 0 Å². The summed E-state index contributed by atoms with van der Waals surface area (Å²) in [5.41, 5.74) is 6.47. The summed E-state index contributed by atoms with van der Waals surface area (Å²) in [7, 11) is 0. The van der Waals surface area contributed by atoms with Crippen molar-refractivity contribution in [1.82, 2.24) is 10.6 Å². The van der Waals surface area contributed by atoms with Crippen LogP contribution in [0.1, 0.15) is 36.6 Å². The Labute approximate surface area is 188 Å². The summed E-state index contributed by atoms with van der Waals surface area (Å²) in [6, 6.07) is 9.55. The van der Waals surface area contributed by atoms with Crippen LogP contribution in [-0.4, -0.2) is 24.5 Å². The predicted molar refractivity (Wildman–Crippen MR) is 116 cm³/mol. The van der Waals surface area contributed by atoms with Crippen molar-refractivity contribution in [2.24, 2.45) is 5.73 Å². The zero-order valence-corrected chi connectivity index (χ0v) is 18.2. The molecule has 2 aromatic rings. The van der Waals surface area contributed by atoms with Gasteiger partial charge in [0.05, 0.1) is 18.5 Å². The maximum atomic E-state index is 12.2. The highest BCUT2D eigenvalue weighted by Crippen LogP contribution is 2.26. The third-order valence-electron chi connectivity index (χ3n) is 4.13. The largest absolute Gasteiger partial charge is 0.456 e. The van der Waals surface area contributed by atoms with Gasteiger partial charge in [-0.1, -0.05) is 53.0 Å². The van der Waals surface area contributed by atoms with Crippen LogP contribution in [-0.2, 0) is 14.3 Å². The monoisotopic (exact) mass is 471 g/mol. The molecule has 2 unspecified atom stereocenters. The smallest absolute Gasteiger partial charge is 0.312 e. The number of carbonyl (C=O) groups is 3. The lowest BCUT2D eigenvalue weighted by Crippen LogP contribution is -2.35. The standard InChI is InChI=1S/C20H20Cl3N3O4/c1-11(15-7-6-14(22)8-16(15)23)25-18(27)10-30-19(28)9-17(26-20(24)29)12-2-4-13(21)5-3-12/h2-8,11,17H,9-10H2,1H3,(H,25,27)(H3,24,26,29). The highest BCUT2D eigenvalue weighted by atomic mass is 35.5. The topological polar surface area (TPSA) is 111 Å². The Morgan fingerprint density at radius 2 is 1.63 bits per heavy atom. The minimum Gasteiger partial charge on any atom is -0.456 e. The number of esters is 1. The van der Waals surface area contributed by atoms with Crippen molar-refractivity contribution < 1.29 is 19.1 Å². The Morgan fingerprint density at radius 1 is 1.00 bits per heavy atom. The van der Waals surface area contributed by atoms with Crippen LogP contribution in [0, 0.1) is 0 Å². The average Bonchev–Trinajstić information content (AvgIpc) is 2.66. The Morgan fingerprint density at radius 3 is 2.23 bits per heavy atom. The van der Waals surface area contributed by atoms with E-state index in [1.807, 2.05) is 0 Å². The molecular weight excluding hydrogens is 453 g/mol. The number of ether oxygens (including phenoxy) is 1. The van der Waals surface area contributed by atoms with Crippen molar-refractivity contribution in [3.63, 3.8) is 0 Å². The van der Waals surface area contributed by atoms with Gasteiger partial charge in [0.25, 0.3) is 5.91 Å². The van der Waals surface area contributed by atoms with Crippen LogP contribution in [0.25, 0.3) is 0 Å². The molecule has 0 aliphatic heterocycles. The quantitative estimate of drug-likeness (QED) is 0.501. The first kappa shape index (κ1) is 23.8. The number of halogens is 3. The number of nitrogens with one attached hydrogen (secondary N) is 2. The molecule has 0 saturated carbocycles. The molecule has 0 fully saturated rings. The third kappa shape index (κ3) is 7.40. The predicted octanol–water partition coefficient (Wildman–Crippen LogP) is 4.17. The number of carbonyl (C=O) groups excluding carboxylic acids is 3. The molecule has 0 aromatic heterocycles. The van der Waals surface area contributed by atoms with Gasteiger partial charge in [-0.3, -0.25) is 9.59 Å². The number of rotatable bonds is 8. The van der Waals surface area contributed by atoms with Crippen molar-refractivity contribution in [2.45, 2.75) is 25.4 Å². The van der Waals surface area contributed by atoms with Crippen LogP contribution in [0.2, 0.25) is 15.1 Å². The number of benzene rings is 2. The lowest BCUT2D eigenvalue weighted by Gasteiger charge is -2.18. The van der Waals surface area contributed by atoms with Gasteiger partial charge in [-0.2, -0.15) is 0 Å². The zero-order chi connectivity index (χ0) is 22.3. The fourth-order valence-corrected chi connectivity index (χ4v) is 3.40. The molecule has 2 rings (SSSR count). The van der Waals surface area contributed by atoms with Gasteiger partial charge < -0.3 is 21.1 Å². The van der Waals surface area contributed by atoms with Crippen LogP contribution in [0.15, 0.2) is 42.5 Å². The summed E-state index contributed by atoms with van der Waals surface area (Å²) in [4.78, 5) is 35.5. The second-order valence-electron chi connectivity index (χ2n) is 6.43. The van der Waals surface area contributed by atoms with Crippen molar-refractivity contribution in [1.29, 1.82) is 0 Å². The summed E-state index contributed by atoms with van der Waals surface area (Å²) >= 11 is 17.8. The molecule has 0 bridgehead atoms. The Kier molecular flexibility index (Phi) is 8.77. The van der Waals surface area contributed by atoms with Gasteiger partial charge in [-0.05, 0) is 42.3 Å². The van der Waals surface area contributed by atoms with E-state index >= 15 is 0 Å². The maximum absolute atomic E-state index is 12.2. The fourth-order valence-electron chi connectivity index (χ4n) is 2.70. The van der Waals surface area contributed by atoms with E-state index in [-0.39, 0.29) is 6.42 Å². The Hall–Kier alpha value is -2.48. The lowest BCUT2D eigenvalue weighted by atomic mass is 10.0. The van der Waals surface area contributed by atoms with Crippen LogP contribution in [0.4, 0.5) is 4.79 Å². The van der Waals surface area contributed by atoms with E-state index in [1.54, 1.807) is 49.4 Å². The van der Waals surface area contributed by atoms with Gasteiger partial charge in [0, 0.05) is 15.1 Å². The molecule has 160 valence electrons. The van der Waals surface area contributed by atoms with Gasteiger partial charge in [0.15, 0.2) is 6.61 Å². The van der Waals surface area contributed by atoms with Gasteiger partial charge in [-0.15, -0.1) is 0 Å². The van der Waals surface area contributed by atoms with Crippen LogP contribution in [0.3, 0.4) is 0 Å². The fraction of sp³-hybridized carbons (Fsp3) is 0.250. The number of nitrogens with two attached hydrogens (primary N) is 1. The van der Waals surface area contributed by atoms with Crippen molar-refractivity contribution in [3.05, 3.63) is 68.7 Å². The third-order valence-corrected chi connectivity index (χ3v) is 4.94. The molecular formula is C20H20Cl3N3O4. The van der Waals surface area contributed by atoms with Gasteiger partial charge in [-0.25, -0.2) is 4.79 Å². The van der Waals surface area contributed by atoms with E-state index in [9.17, 15) is 14.4 Å². The van der Waals surface area contributed by atoms with Crippen LogP contribution in [0.5, 0.6) is 0 Å². The Bertz CT molecular complexity index is 922. The Balaban J connectivity index is 1.90. The maximum Gasteiger partial charge on any atom is 0.312 e. The molecule has 3 amide bonds. The summed E-state index contributed by atoms with van der Waals surface area (Å²) < 4.78 is 5.02. The van der Waals surface area contributed by atoms with E-state index < -0.39 is 36.6 Å². The lowest BCUT2D eigenvalue weighted by molar-refractivity contribution is -0.149. The number of hydrogen-bond acceptors (Lipinski definition) is 4. The molecule has 0 aliphatic carbocycles. The van der Waals surface area contributed by atoms with Crippen LogP contribution >= 0.6 is 34.8 Å². The normalized spacial score (nSPS) is 12.5. The molecule has 4 N–H and O–H groups in total. The van der Waals surface area contributed by atoms with Crippen molar-refractivity contribution in [2.75, 3.05) is 6.61 Å². The summed E-state index contributed by atoms with van der Waals surface area (Å²) in [5.74, 6) is -1.19. The minimum atomic E-state index is -0.797. The van der Waals surface area contributed by atoms with Crippen molar-refractivity contribution in [3.8, 4) is 0 Å². The first-order valence-electron chi connectivity index (χ1n) is 8.87. The molecule has 0 radical (unpaired) electrons. The van der Waals surface area contributed by atoms with Crippen molar-refractivity contribution >= 4 is 52.7 Å². The SMILES string of the molecule is CC(NC(=O)COC(=O)CC(NC(N)=O)c1ccc(Cl)cc1)c1ccc(Cl)cc1Cl. The minimum absolute atomic E-state index is 0.212. The summed E-state index contributed by atoms with van der Waals surface area (Å²) in [6.07, 6.45) is -0.212. The number of primary amides is 1. The summed E-state index contributed by atoms with van der Waals surface area (Å²) in [5, 5.41) is 6.56. The highest BCUT2D eigenvalue weighted by molar-refractivity contribution is 6.35. The van der Waals surface area contributed by atoms with Crippen LogP contribution < -0.4 is 16.4 Å². The molecule has 0 spiro atoms. The molecule has 7 nitrogen and oxygen atoms in total. The van der Waals surface area contributed by atoms with E-state index in [0.29, 0.717) is 26.2 Å². The summed E-state index contributed by atoms with van der Waals surface area (Å²) in [6.45, 7) is 1.25. The second-order valence-corrected chi connectivity index (χ2v) is 7.71. The van der Waals surface area contributed by atoms with E-state index in [0.717, 1.165) is 0 Å². The average molecular weight is 473 g/mol. The number of hydrogen-bond donors (Lipinski definition) is 3. The molecule has 0 aliphatic rings. The molecule has 0 saturated heterocycles. The van der Waals surface area contributed by atoms with Gasteiger partial charge in [0.1, 0.15) is 0 Å². The first-order chi connectivity index (χ1) is 14.2. The zero-order valence-electron chi connectivity index (χ0n) is 16.0. The molecule has 30 heavy (non-hydrogen) atoms.